The molecule has 2 aromatic carbocycles. The Morgan fingerprint density at radius 2 is 1.77 bits per heavy atom. The van der Waals surface area contributed by atoms with E-state index in [9.17, 15) is 4.79 Å². The van der Waals surface area contributed by atoms with E-state index in [0.29, 0.717) is 12.5 Å². The van der Waals surface area contributed by atoms with Crippen molar-refractivity contribution < 1.29 is 4.79 Å². The van der Waals surface area contributed by atoms with Crippen LogP contribution in [0.3, 0.4) is 0 Å². The van der Waals surface area contributed by atoms with Gasteiger partial charge in [0, 0.05) is 17.6 Å². The van der Waals surface area contributed by atoms with Crippen molar-refractivity contribution in [3.05, 3.63) is 83.2 Å². The number of aromatic nitrogens is 1. The zero-order valence-corrected chi connectivity index (χ0v) is 17.8. The molecule has 4 nitrogen and oxygen atoms in total. The van der Waals surface area contributed by atoms with Gasteiger partial charge in [0.25, 0.3) is 0 Å². The summed E-state index contributed by atoms with van der Waals surface area (Å²) in [4.78, 5) is 15.7. The van der Waals surface area contributed by atoms with E-state index in [4.69, 9.17) is 0 Å². The number of aryl methyl sites for hydroxylation is 1. The Labute approximate surface area is 178 Å². The summed E-state index contributed by atoms with van der Waals surface area (Å²) in [5.41, 5.74) is 7.18. The number of nitrogens with zero attached hydrogens (tertiary/aromatic N) is 2. The summed E-state index contributed by atoms with van der Waals surface area (Å²) in [5, 5.41) is 3.28. The molecule has 4 heteroatoms. The number of urea groups is 1. The first-order chi connectivity index (χ1) is 14.6. The highest BCUT2D eigenvalue weighted by Gasteiger charge is 2.34. The molecule has 3 aromatic rings. The predicted molar refractivity (Wildman–Crippen MR) is 121 cm³/mol. The van der Waals surface area contributed by atoms with Gasteiger partial charge in [-0.05, 0) is 72.6 Å². The van der Waals surface area contributed by atoms with Crippen LogP contribution in [0.25, 0.3) is 5.69 Å². The molecule has 0 saturated carbocycles. The lowest BCUT2D eigenvalue weighted by molar-refractivity contribution is 0.162. The smallest absolute Gasteiger partial charge is 0.318 e. The molecule has 0 bridgehead atoms. The molecule has 2 amide bonds. The quantitative estimate of drug-likeness (QED) is 0.555. The van der Waals surface area contributed by atoms with Gasteiger partial charge in [-0.25, -0.2) is 4.79 Å². The van der Waals surface area contributed by atoms with Gasteiger partial charge in [0.15, 0.2) is 0 Å². The van der Waals surface area contributed by atoms with Crippen molar-refractivity contribution in [2.45, 2.75) is 52.1 Å². The molecule has 0 spiro atoms. The summed E-state index contributed by atoms with van der Waals surface area (Å²) >= 11 is 0. The molecule has 1 unspecified atom stereocenters. The predicted octanol–water partition coefficient (Wildman–Crippen LogP) is 6.10. The van der Waals surface area contributed by atoms with Crippen molar-refractivity contribution in [2.75, 3.05) is 5.32 Å². The van der Waals surface area contributed by atoms with E-state index >= 15 is 0 Å². The van der Waals surface area contributed by atoms with Crippen LogP contribution in [0.15, 0.2) is 60.8 Å². The van der Waals surface area contributed by atoms with Gasteiger partial charge in [0.1, 0.15) is 0 Å². The molecule has 5 rings (SSSR count). The lowest BCUT2D eigenvalue weighted by Gasteiger charge is -2.33. The third-order valence-corrected chi connectivity index (χ3v) is 6.54. The summed E-state index contributed by atoms with van der Waals surface area (Å²) < 4.78 is 2.25. The molecule has 1 aliphatic heterocycles. The Morgan fingerprint density at radius 3 is 2.63 bits per heavy atom. The van der Waals surface area contributed by atoms with E-state index in [0.717, 1.165) is 24.2 Å². The minimum atomic E-state index is -0.0165. The van der Waals surface area contributed by atoms with Crippen molar-refractivity contribution in [3.63, 3.8) is 0 Å². The van der Waals surface area contributed by atoms with Crippen LogP contribution < -0.4 is 5.32 Å². The highest BCUT2D eigenvalue weighted by molar-refractivity contribution is 5.91. The van der Waals surface area contributed by atoms with Gasteiger partial charge in [-0.2, -0.15) is 0 Å². The van der Waals surface area contributed by atoms with Crippen LogP contribution in [0.2, 0.25) is 0 Å². The number of nitrogens with one attached hydrogen (secondary N) is 1. The van der Waals surface area contributed by atoms with Gasteiger partial charge in [-0.3, -0.25) is 0 Å². The van der Waals surface area contributed by atoms with Crippen LogP contribution in [-0.2, 0) is 19.4 Å². The number of hydrogen-bond donors (Lipinski definition) is 1. The molecule has 0 fully saturated rings. The fourth-order valence-corrected chi connectivity index (χ4v) is 5.16. The lowest BCUT2D eigenvalue weighted by Crippen LogP contribution is -2.39. The molecule has 2 aliphatic rings. The van der Waals surface area contributed by atoms with E-state index < -0.39 is 0 Å². The number of amides is 2. The number of anilines is 1. The summed E-state index contributed by atoms with van der Waals surface area (Å²) in [6.45, 7) is 4.99. The number of hydrogen-bond acceptors (Lipinski definition) is 1. The second-order valence-electron chi connectivity index (χ2n) is 8.83. The Hall–Kier alpha value is -3.01. The fourth-order valence-electron chi connectivity index (χ4n) is 5.16. The standard InChI is InChI=1S/C26H29N3O/c1-18(2)25-24-15-8-16-28(24)23-14-6-4-10-20(23)17-29(25)26(30)27-22-13-7-11-19-9-3-5-12-21(19)22/h4,6-8,10-11,13-16,18,25H,3,5,9,12,17H2,1-2H3,(H,27,30). The molecule has 154 valence electrons. The maximum Gasteiger partial charge on any atom is 0.322 e. The first-order valence-corrected chi connectivity index (χ1v) is 11.1. The van der Waals surface area contributed by atoms with Gasteiger partial charge in [0.2, 0.25) is 0 Å². The fraction of sp³-hybridized carbons (Fsp3) is 0.346. The van der Waals surface area contributed by atoms with Crippen molar-refractivity contribution in [1.29, 1.82) is 0 Å². The van der Waals surface area contributed by atoms with Crippen molar-refractivity contribution >= 4 is 11.7 Å². The molecular weight excluding hydrogens is 370 g/mol. The van der Waals surface area contributed by atoms with Crippen LogP contribution >= 0.6 is 0 Å². The second kappa shape index (κ2) is 7.67. The zero-order chi connectivity index (χ0) is 20.7. The third-order valence-electron chi connectivity index (χ3n) is 6.54. The molecule has 1 atom stereocenters. The second-order valence-corrected chi connectivity index (χ2v) is 8.83. The first-order valence-electron chi connectivity index (χ1n) is 11.1. The molecular formula is C26H29N3O. The van der Waals surface area contributed by atoms with E-state index in [2.05, 4.69) is 84.5 Å². The Balaban J connectivity index is 1.54. The van der Waals surface area contributed by atoms with Gasteiger partial charge >= 0.3 is 6.03 Å². The number of fused-ring (bicyclic) bond motifs is 4. The SMILES string of the molecule is CC(C)C1c2cccn2-c2ccccc2CN1C(=O)Nc1cccc2c1CCCC2. The maximum absolute atomic E-state index is 13.7. The molecule has 2 heterocycles. The number of carbonyl (C=O) groups is 1. The van der Waals surface area contributed by atoms with E-state index in [1.165, 1.54) is 35.2 Å². The molecule has 1 aromatic heterocycles. The van der Waals surface area contributed by atoms with E-state index in [1.807, 2.05) is 4.90 Å². The summed E-state index contributed by atoms with van der Waals surface area (Å²) in [6.07, 6.45) is 6.70. The average Bonchev–Trinajstić information content (AvgIpc) is 3.17. The van der Waals surface area contributed by atoms with Crippen molar-refractivity contribution in [2.24, 2.45) is 5.92 Å². The third kappa shape index (κ3) is 3.20. The van der Waals surface area contributed by atoms with Crippen LogP contribution in [-0.4, -0.2) is 15.5 Å². The molecule has 1 aliphatic carbocycles. The Bertz CT molecular complexity index is 1080. The topological polar surface area (TPSA) is 37.3 Å². The molecule has 0 saturated heterocycles. The average molecular weight is 400 g/mol. The normalized spacial score (nSPS) is 17.7. The van der Waals surface area contributed by atoms with Crippen molar-refractivity contribution in [1.82, 2.24) is 9.47 Å². The van der Waals surface area contributed by atoms with Crippen LogP contribution in [0.1, 0.15) is 55.1 Å². The lowest BCUT2D eigenvalue weighted by atomic mass is 9.90. The summed E-state index contributed by atoms with van der Waals surface area (Å²) in [5.74, 6) is 0.295. The van der Waals surface area contributed by atoms with Crippen LogP contribution in [0.5, 0.6) is 0 Å². The number of benzene rings is 2. The minimum absolute atomic E-state index is 0.00642. The van der Waals surface area contributed by atoms with Gasteiger partial charge in [0.05, 0.1) is 18.3 Å². The largest absolute Gasteiger partial charge is 0.322 e. The number of carbonyl (C=O) groups excluding carboxylic acids is 1. The number of para-hydroxylation sites is 1. The molecule has 0 radical (unpaired) electrons. The van der Waals surface area contributed by atoms with Crippen molar-refractivity contribution in [3.8, 4) is 5.69 Å². The molecule has 1 N–H and O–H groups in total. The molecule has 30 heavy (non-hydrogen) atoms. The summed E-state index contributed by atoms with van der Waals surface area (Å²) in [6, 6.07) is 19.0. The maximum atomic E-state index is 13.7. The van der Waals surface area contributed by atoms with E-state index in [-0.39, 0.29) is 12.1 Å². The minimum Gasteiger partial charge on any atom is -0.318 e. The Morgan fingerprint density at radius 1 is 0.967 bits per heavy atom. The van der Waals surface area contributed by atoms with Crippen LogP contribution in [0.4, 0.5) is 10.5 Å². The van der Waals surface area contributed by atoms with Gasteiger partial charge in [-0.1, -0.05) is 44.2 Å². The van der Waals surface area contributed by atoms with Gasteiger partial charge in [-0.15, -0.1) is 0 Å². The number of rotatable bonds is 2. The van der Waals surface area contributed by atoms with E-state index in [1.54, 1.807) is 0 Å². The van der Waals surface area contributed by atoms with Crippen LogP contribution in [0, 0.1) is 5.92 Å². The highest BCUT2D eigenvalue weighted by atomic mass is 16.2. The Kier molecular flexibility index (Phi) is 4.86. The summed E-state index contributed by atoms with van der Waals surface area (Å²) in [7, 11) is 0. The zero-order valence-electron chi connectivity index (χ0n) is 17.8. The van der Waals surface area contributed by atoms with Gasteiger partial charge < -0.3 is 14.8 Å². The first kappa shape index (κ1) is 19.0. The monoisotopic (exact) mass is 399 g/mol. The highest BCUT2D eigenvalue weighted by Crippen LogP contribution is 2.37.